The number of nitrogens with zero attached hydrogens (tertiary/aromatic N) is 4. The van der Waals surface area contributed by atoms with E-state index in [4.69, 9.17) is 0 Å². The molecule has 1 amide bonds. The zero-order valence-corrected chi connectivity index (χ0v) is 13.8. The number of rotatable bonds is 5. The molecule has 1 N–H and O–H groups in total. The van der Waals surface area contributed by atoms with Crippen LogP contribution in [0, 0.1) is 11.6 Å². The van der Waals surface area contributed by atoms with Gasteiger partial charge in [-0.25, -0.2) is 18.7 Å². The van der Waals surface area contributed by atoms with Crippen molar-refractivity contribution in [1.29, 1.82) is 0 Å². The Morgan fingerprint density at radius 1 is 1.28 bits per heavy atom. The molecule has 2 aromatic heterocycles. The quantitative estimate of drug-likeness (QED) is 0.769. The highest BCUT2D eigenvalue weighted by atomic mass is 19.1. The van der Waals surface area contributed by atoms with Crippen LogP contribution in [0.3, 0.4) is 0 Å². The molecule has 0 bridgehead atoms. The first kappa shape index (κ1) is 17.0. The second-order valence-electron chi connectivity index (χ2n) is 5.78. The molecule has 3 rings (SSSR count). The number of imidazole rings is 1. The number of nitrogens with one attached hydrogen (secondary N) is 1. The first-order valence-corrected chi connectivity index (χ1v) is 7.65. The van der Waals surface area contributed by atoms with Crippen LogP contribution in [0.1, 0.15) is 22.1 Å². The molecule has 0 saturated heterocycles. The van der Waals surface area contributed by atoms with Gasteiger partial charge < -0.3 is 10.2 Å². The maximum absolute atomic E-state index is 14.0. The second-order valence-corrected chi connectivity index (χ2v) is 5.78. The Balaban J connectivity index is 1.78. The zero-order valence-electron chi connectivity index (χ0n) is 13.8. The number of likely N-dealkylation sites (N-methyl/N-ethyl adjacent to an activating group) is 1. The van der Waals surface area contributed by atoms with Crippen LogP contribution in [-0.2, 0) is 0 Å². The Morgan fingerprint density at radius 2 is 2.00 bits per heavy atom. The highest BCUT2D eigenvalue weighted by Gasteiger charge is 2.23. The van der Waals surface area contributed by atoms with Gasteiger partial charge in [0.25, 0.3) is 5.91 Å². The van der Waals surface area contributed by atoms with Gasteiger partial charge in [-0.15, -0.1) is 0 Å². The van der Waals surface area contributed by atoms with E-state index in [1.54, 1.807) is 48.1 Å². The number of aromatic nitrogens is 3. The SMILES string of the molecule is CN(C)C(CNC(=O)c1cn2cccnc2n1)c1c(F)cccc1F. The molecule has 6 nitrogen and oxygen atoms in total. The molecule has 0 saturated carbocycles. The number of carbonyl (C=O) groups excluding carboxylic acids is 1. The fraction of sp³-hybridized carbons (Fsp3) is 0.235. The highest BCUT2D eigenvalue weighted by Crippen LogP contribution is 2.24. The molecule has 0 fully saturated rings. The summed E-state index contributed by atoms with van der Waals surface area (Å²) in [6.07, 6.45) is 4.85. The minimum atomic E-state index is -0.652. The molecular formula is C17H17F2N5O. The molecule has 0 radical (unpaired) electrons. The Hall–Kier alpha value is -2.87. The summed E-state index contributed by atoms with van der Waals surface area (Å²) >= 11 is 0. The van der Waals surface area contributed by atoms with E-state index in [0.29, 0.717) is 5.78 Å². The molecule has 0 aliphatic carbocycles. The van der Waals surface area contributed by atoms with Gasteiger partial charge in [0.15, 0.2) is 0 Å². The first-order chi connectivity index (χ1) is 12.0. The predicted molar refractivity (Wildman–Crippen MR) is 88.1 cm³/mol. The zero-order chi connectivity index (χ0) is 18.0. The molecule has 1 unspecified atom stereocenters. The normalized spacial score (nSPS) is 12.5. The number of hydrogen-bond donors (Lipinski definition) is 1. The minimum absolute atomic E-state index is 0.0327. The Kier molecular flexibility index (Phi) is 4.71. The average Bonchev–Trinajstić information content (AvgIpc) is 3.01. The van der Waals surface area contributed by atoms with E-state index in [2.05, 4.69) is 15.3 Å². The van der Waals surface area contributed by atoms with Crippen molar-refractivity contribution in [3.63, 3.8) is 0 Å². The van der Waals surface area contributed by atoms with Crippen molar-refractivity contribution in [3.8, 4) is 0 Å². The van der Waals surface area contributed by atoms with Crippen molar-refractivity contribution < 1.29 is 13.6 Å². The van der Waals surface area contributed by atoms with Crippen LogP contribution in [-0.4, -0.2) is 45.8 Å². The van der Waals surface area contributed by atoms with Crippen molar-refractivity contribution in [2.75, 3.05) is 20.6 Å². The van der Waals surface area contributed by atoms with Crippen molar-refractivity contribution >= 4 is 11.7 Å². The molecule has 1 atom stereocenters. The predicted octanol–water partition coefficient (Wildman–Crippen LogP) is 2.04. The Labute approximate surface area is 143 Å². The summed E-state index contributed by atoms with van der Waals surface area (Å²) in [7, 11) is 3.38. The summed E-state index contributed by atoms with van der Waals surface area (Å²) in [5.41, 5.74) is 0.106. The highest BCUT2D eigenvalue weighted by molar-refractivity contribution is 5.92. The van der Waals surface area contributed by atoms with Crippen LogP contribution < -0.4 is 5.32 Å². The lowest BCUT2D eigenvalue weighted by Gasteiger charge is -2.25. The van der Waals surface area contributed by atoms with Gasteiger partial charge in [0.05, 0.1) is 6.04 Å². The fourth-order valence-corrected chi connectivity index (χ4v) is 2.59. The largest absolute Gasteiger partial charge is 0.349 e. The molecule has 3 aromatic rings. The summed E-state index contributed by atoms with van der Waals surface area (Å²) in [5.74, 6) is -1.33. The van der Waals surface area contributed by atoms with Crippen molar-refractivity contribution in [2.24, 2.45) is 0 Å². The second kappa shape index (κ2) is 6.94. The summed E-state index contributed by atoms with van der Waals surface area (Å²) in [4.78, 5) is 22.1. The lowest BCUT2D eigenvalue weighted by Crippen LogP contribution is -2.35. The van der Waals surface area contributed by atoms with Crippen LogP contribution in [0.5, 0.6) is 0 Å². The van der Waals surface area contributed by atoms with E-state index < -0.39 is 23.6 Å². The third-order valence-electron chi connectivity index (χ3n) is 3.88. The van der Waals surface area contributed by atoms with Gasteiger partial charge in [-0.3, -0.25) is 9.20 Å². The molecule has 2 heterocycles. The summed E-state index contributed by atoms with van der Waals surface area (Å²) < 4.78 is 29.7. The van der Waals surface area contributed by atoms with Gasteiger partial charge in [0.1, 0.15) is 17.3 Å². The number of fused-ring (bicyclic) bond motifs is 1. The minimum Gasteiger partial charge on any atom is -0.349 e. The van der Waals surface area contributed by atoms with Crippen molar-refractivity contribution in [3.05, 3.63) is 65.7 Å². The van der Waals surface area contributed by atoms with Gasteiger partial charge in [0, 0.05) is 30.7 Å². The number of halogens is 2. The summed E-state index contributed by atoms with van der Waals surface area (Å²) in [5, 5.41) is 2.68. The Bertz CT molecular complexity index is 856. The smallest absolute Gasteiger partial charge is 0.271 e. The maximum Gasteiger partial charge on any atom is 0.271 e. The molecule has 8 heteroatoms. The van der Waals surface area contributed by atoms with E-state index >= 15 is 0 Å². The van der Waals surface area contributed by atoms with E-state index in [9.17, 15) is 13.6 Å². The molecule has 0 spiro atoms. The van der Waals surface area contributed by atoms with Crippen LogP contribution in [0.25, 0.3) is 5.78 Å². The standard InChI is InChI=1S/C17H17F2N5O/c1-23(2)14(15-11(18)5-3-6-12(15)19)9-21-16(25)13-10-24-8-4-7-20-17(24)22-13/h3-8,10,14H,9H2,1-2H3,(H,21,25). The number of benzene rings is 1. The molecule has 25 heavy (non-hydrogen) atoms. The van der Waals surface area contributed by atoms with Crippen LogP contribution in [0.15, 0.2) is 42.9 Å². The van der Waals surface area contributed by atoms with Crippen molar-refractivity contribution in [2.45, 2.75) is 6.04 Å². The average molecular weight is 345 g/mol. The molecule has 130 valence electrons. The van der Waals surface area contributed by atoms with Crippen LogP contribution >= 0.6 is 0 Å². The number of amides is 1. The molecule has 1 aromatic carbocycles. The summed E-state index contributed by atoms with van der Waals surface area (Å²) in [6.45, 7) is 0.0327. The van der Waals surface area contributed by atoms with Gasteiger partial charge in [-0.05, 0) is 32.3 Å². The Morgan fingerprint density at radius 3 is 2.64 bits per heavy atom. The van der Waals surface area contributed by atoms with Crippen molar-refractivity contribution in [1.82, 2.24) is 24.6 Å². The van der Waals surface area contributed by atoms with E-state index in [1.807, 2.05) is 0 Å². The van der Waals surface area contributed by atoms with E-state index in [-0.39, 0.29) is 17.8 Å². The monoisotopic (exact) mass is 345 g/mol. The molecular weight excluding hydrogens is 328 g/mol. The fourth-order valence-electron chi connectivity index (χ4n) is 2.59. The number of hydrogen-bond acceptors (Lipinski definition) is 4. The topological polar surface area (TPSA) is 62.5 Å². The van der Waals surface area contributed by atoms with Gasteiger partial charge in [0.2, 0.25) is 5.78 Å². The lowest BCUT2D eigenvalue weighted by atomic mass is 10.0. The summed E-state index contributed by atoms with van der Waals surface area (Å²) in [6, 6.07) is 4.78. The van der Waals surface area contributed by atoms with E-state index in [0.717, 1.165) is 0 Å². The molecule has 0 aliphatic heterocycles. The maximum atomic E-state index is 14.0. The van der Waals surface area contributed by atoms with Crippen LogP contribution in [0.2, 0.25) is 0 Å². The lowest BCUT2D eigenvalue weighted by molar-refractivity contribution is 0.0936. The third-order valence-corrected chi connectivity index (χ3v) is 3.88. The van der Waals surface area contributed by atoms with Crippen LogP contribution in [0.4, 0.5) is 8.78 Å². The van der Waals surface area contributed by atoms with E-state index in [1.165, 1.54) is 18.2 Å². The number of carbonyl (C=O) groups is 1. The van der Waals surface area contributed by atoms with Gasteiger partial charge in [-0.2, -0.15) is 0 Å². The van der Waals surface area contributed by atoms with Gasteiger partial charge >= 0.3 is 0 Å². The molecule has 0 aliphatic rings. The third kappa shape index (κ3) is 3.48. The first-order valence-electron chi connectivity index (χ1n) is 7.65. The van der Waals surface area contributed by atoms with Gasteiger partial charge in [-0.1, -0.05) is 6.07 Å².